The van der Waals surface area contributed by atoms with Gasteiger partial charge in [0.15, 0.2) is 0 Å². The Morgan fingerprint density at radius 3 is 2.70 bits per heavy atom. The highest BCUT2D eigenvalue weighted by Crippen LogP contribution is 2.26. The standard InChI is InChI=1S/C20H23Cl2N3OS/c1-4-25-17-11-14(21)5-6-16(17)23-18(25)12-24(9-7-13(2)3)20(26)19-15(22)8-10-27-19/h5-6,8,10-11,13H,4,7,9,12H2,1-3H3. The van der Waals surface area contributed by atoms with E-state index in [1.54, 1.807) is 6.07 Å². The Morgan fingerprint density at radius 2 is 2.07 bits per heavy atom. The van der Waals surface area contributed by atoms with Crippen molar-refractivity contribution in [1.82, 2.24) is 14.5 Å². The van der Waals surface area contributed by atoms with Crippen LogP contribution in [0.4, 0.5) is 0 Å². The molecule has 0 aliphatic carbocycles. The molecule has 3 aromatic rings. The van der Waals surface area contributed by atoms with Crippen LogP contribution in [-0.4, -0.2) is 26.9 Å². The van der Waals surface area contributed by atoms with Crippen LogP contribution in [0.25, 0.3) is 11.0 Å². The summed E-state index contributed by atoms with van der Waals surface area (Å²) in [5, 5.41) is 3.04. The van der Waals surface area contributed by atoms with Crippen molar-refractivity contribution in [2.75, 3.05) is 6.54 Å². The fourth-order valence-electron chi connectivity index (χ4n) is 3.05. The molecule has 2 heterocycles. The van der Waals surface area contributed by atoms with E-state index in [4.69, 9.17) is 28.2 Å². The minimum absolute atomic E-state index is 0.0385. The lowest BCUT2D eigenvalue weighted by molar-refractivity contribution is 0.0734. The average Bonchev–Trinajstić information content (AvgIpc) is 3.20. The molecule has 0 atom stereocenters. The van der Waals surface area contributed by atoms with Gasteiger partial charge in [0.05, 0.1) is 22.6 Å². The lowest BCUT2D eigenvalue weighted by Crippen LogP contribution is -2.33. The number of benzene rings is 1. The highest BCUT2D eigenvalue weighted by atomic mass is 35.5. The van der Waals surface area contributed by atoms with Gasteiger partial charge in [0.2, 0.25) is 0 Å². The van der Waals surface area contributed by atoms with Gasteiger partial charge in [-0.15, -0.1) is 11.3 Å². The maximum absolute atomic E-state index is 13.1. The topological polar surface area (TPSA) is 38.1 Å². The Balaban J connectivity index is 1.95. The zero-order valence-corrected chi connectivity index (χ0v) is 18.0. The number of imidazole rings is 1. The molecule has 0 saturated heterocycles. The first-order valence-electron chi connectivity index (χ1n) is 9.07. The fourth-order valence-corrected chi connectivity index (χ4v) is 4.32. The summed E-state index contributed by atoms with van der Waals surface area (Å²) in [4.78, 5) is 20.3. The molecular formula is C20H23Cl2N3OS. The third-order valence-corrected chi connectivity index (χ3v) is 6.08. The second kappa shape index (κ2) is 8.63. The molecule has 27 heavy (non-hydrogen) atoms. The maximum atomic E-state index is 13.1. The van der Waals surface area contributed by atoms with Crippen molar-refractivity contribution in [2.45, 2.75) is 40.3 Å². The van der Waals surface area contributed by atoms with E-state index in [0.717, 1.165) is 29.8 Å². The molecule has 0 aliphatic rings. The number of thiophene rings is 1. The first-order chi connectivity index (χ1) is 12.9. The van der Waals surface area contributed by atoms with Crippen LogP contribution in [0.2, 0.25) is 10.0 Å². The van der Waals surface area contributed by atoms with E-state index < -0.39 is 0 Å². The van der Waals surface area contributed by atoms with E-state index in [-0.39, 0.29) is 5.91 Å². The van der Waals surface area contributed by atoms with Crippen molar-refractivity contribution < 1.29 is 4.79 Å². The van der Waals surface area contributed by atoms with Crippen molar-refractivity contribution in [3.63, 3.8) is 0 Å². The smallest absolute Gasteiger partial charge is 0.265 e. The summed E-state index contributed by atoms with van der Waals surface area (Å²) in [5.74, 6) is 1.32. The molecule has 0 spiro atoms. The zero-order chi connectivity index (χ0) is 19.6. The van der Waals surface area contributed by atoms with Crippen molar-refractivity contribution in [2.24, 2.45) is 5.92 Å². The first-order valence-corrected chi connectivity index (χ1v) is 10.7. The number of hydrogen-bond acceptors (Lipinski definition) is 3. The third kappa shape index (κ3) is 4.48. The first kappa shape index (κ1) is 20.2. The molecule has 4 nitrogen and oxygen atoms in total. The molecule has 2 aromatic heterocycles. The van der Waals surface area contributed by atoms with Crippen molar-refractivity contribution in [3.05, 3.63) is 50.4 Å². The number of fused-ring (bicyclic) bond motifs is 1. The average molecular weight is 424 g/mol. The minimum Gasteiger partial charge on any atom is -0.330 e. The van der Waals surface area contributed by atoms with Crippen LogP contribution >= 0.6 is 34.5 Å². The fraction of sp³-hybridized carbons (Fsp3) is 0.400. The number of halogens is 2. The van der Waals surface area contributed by atoms with Crippen LogP contribution in [0.5, 0.6) is 0 Å². The number of carbonyl (C=O) groups is 1. The maximum Gasteiger partial charge on any atom is 0.265 e. The Labute approximate surface area is 173 Å². The molecule has 0 N–H and O–H groups in total. The Morgan fingerprint density at radius 1 is 1.30 bits per heavy atom. The van der Waals surface area contributed by atoms with Gasteiger partial charge in [-0.3, -0.25) is 4.79 Å². The van der Waals surface area contributed by atoms with Crippen LogP contribution in [0.15, 0.2) is 29.6 Å². The molecule has 0 radical (unpaired) electrons. The van der Waals surface area contributed by atoms with Crippen LogP contribution < -0.4 is 0 Å². The molecular weight excluding hydrogens is 401 g/mol. The van der Waals surface area contributed by atoms with Crippen molar-refractivity contribution in [3.8, 4) is 0 Å². The molecule has 0 unspecified atom stereocenters. The molecule has 0 fully saturated rings. The number of aryl methyl sites for hydroxylation is 1. The molecule has 3 rings (SSSR count). The second-order valence-corrected chi connectivity index (χ2v) is 8.67. The molecule has 0 aliphatic heterocycles. The quantitative estimate of drug-likeness (QED) is 0.459. The number of rotatable bonds is 7. The van der Waals surface area contributed by atoms with E-state index in [2.05, 4.69) is 25.3 Å². The van der Waals surface area contributed by atoms with E-state index >= 15 is 0 Å². The Bertz CT molecular complexity index is 948. The lowest BCUT2D eigenvalue weighted by Gasteiger charge is -2.23. The summed E-state index contributed by atoms with van der Waals surface area (Å²) in [6, 6.07) is 7.45. The molecule has 7 heteroatoms. The van der Waals surface area contributed by atoms with E-state index in [0.29, 0.717) is 33.9 Å². The van der Waals surface area contributed by atoms with Gasteiger partial charge < -0.3 is 9.47 Å². The number of hydrogen-bond donors (Lipinski definition) is 0. The lowest BCUT2D eigenvalue weighted by atomic mass is 10.1. The molecule has 144 valence electrons. The van der Waals surface area contributed by atoms with Crippen LogP contribution in [0, 0.1) is 5.92 Å². The van der Waals surface area contributed by atoms with Crippen LogP contribution in [-0.2, 0) is 13.1 Å². The summed E-state index contributed by atoms with van der Waals surface area (Å²) in [7, 11) is 0. The summed E-state index contributed by atoms with van der Waals surface area (Å²) in [6.07, 6.45) is 0.924. The molecule has 1 amide bonds. The Kier molecular flexibility index (Phi) is 6.45. The van der Waals surface area contributed by atoms with Gasteiger partial charge in [0.1, 0.15) is 10.7 Å². The number of aromatic nitrogens is 2. The largest absolute Gasteiger partial charge is 0.330 e. The summed E-state index contributed by atoms with van der Waals surface area (Å²) < 4.78 is 2.12. The van der Waals surface area contributed by atoms with E-state index in [1.165, 1.54) is 11.3 Å². The van der Waals surface area contributed by atoms with Crippen LogP contribution in [0.1, 0.15) is 42.7 Å². The predicted molar refractivity (Wildman–Crippen MR) is 114 cm³/mol. The number of carbonyl (C=O) groups excluding carboxylic acids is 1. The van der Waals surface area contributed by atoms with Gasteiger partial charge in [0, 0.05) is 18.1 Å². The van der Waals surface area contributed by atoms with Gasteiger partial charge in [-0.25, -0.2) is 4.98 Å². The molecule has 0 bridgehead atoms. The highest BCUT2D eigenvalue weighted by Gasteiger charge is 2.22. The van der Waals surface area contributed by atoms with E-state index in [9.17, 15) is 4.79 Å². The highest BCUT2D eigenvalue weighted by molar-refractivity contribution is 7.12. The van der Waals surface area contributed by atoms with Gasteiger partial charge in [0.25, 0.3) is 5.91 Å². The van der Waals surface area contributed by atoms with Gasteiger partial charge in [-0.1, -0.05) is 37.0 Å². The second-order valence-electron chi connectivity index (χ2n) is 6.91. The summed E-state index contributed by atoms with van der Waals surface area (Å²) in [5.41, 5.74) is 1.88. The SMILES string of the molecule is CCn1c(CN(CCC(C)C)C(=O)c2sccc2Cl)nc2ccc(Cl)cc21. The van der Waals surface area contributed by atoms with E-state index in [1.807, 2.05) is 28.5 Å². The predicted octanol–water partition coefficient (Wildman–Crippen LogP) is 6.11. The normalized spacial score (nSPS) is 11.5. The monoisotopic (exact) mass is 423 g/mol. The van der Waals surface area contributed by atoms with Crippen molar-refractivity contribution >= 4 is 51.5 Å². The van der Waals surface area contributed by atoms with Gasteiger partial charge in [-0.05, 0) is 48.9 Å². The van der Waals surface area contributed by atoms with Crippen molar-refractivity contribution in [1.29, 1.82) is 0 Å². The third-order valence-electron chi connectivity index (χ3n) is 4.51. The molecule has 1 aromatic carbocycles. The molecule has 0 saturated carbocycles. The van der Waals surface area contributed by atoms with Gasteiger partial charge in [-0.2, -0.15) is 0 Å². The summed E-state index contributed by atoms with van der Waals surface area (Å²) in [6.45, 7) is 8.26. The summed E-state index contributed by atoms with van der Waals surface area (Å²) >= 11 is 13.8. The van der Waals surface area contributed by atoms with Gasteiger partial charge >= 0.3 is 0 Å². The minimum atomic E-state index is -0.0385. The Hall–Kier alpha value is -1.56. The number of nitrogens with zero attached hydrogens (tertiary/aromatic N) is 3. The zero-order valence-electron chi connectivity index (χ0n) is 15.7. The number of amides is 1. The van der Waals surface area contributed by atoms with Crippen LogP contribution in [0.3, 0.4) is 0 Å².